The standard InChI is InChI=1S/C17H25FN2O/c1-13(14-8-4-5-9-15(14)18)20-16(21)12-17(19-2)10-6-3-7-11-17/h4-5,8-9,13,19H,3,6-7,10-12H2,1-2H3,(H,20,21). The highest BCUT2D eigenvalue weighted by Crippen LogP contribution is 2.31. The third kappa shape index (κ3) is 4.03. The van der Waals surface area contributed by atoms with Gasteiger partial charge in [0, 0.05) is 17.5 Å². The van der Waals surface area contributed by atoms with Crippen LogP contribution in [-0.4, -0.2) is 18.5 Å². The lowest BCUT2D eigenvalue weighted by atomic mass is 9.79. The van der Waals surface area contributed by atoms with E-state index in [0.29, 0.717) is 12.0 Å². The number of hydrogen-bond donors (Lipinski definition) is 2. The van der Waals surface area contributed by atoms with Crippen molar-refractivity contribution in [3.05, 3.63) is 35.6 Å². The molecule has 1 atom stereocenters. The van der Waals surface area contributed by atoms with Crippen molar-refractivity contribution in [2.45, 2.75) is 57.0 Å². The Morgan fingerprint density at radius 1 is 1.29 bits per heavy atom. The number of rotatable bonds is 5. The third-order valence-electron chi connectivity index (χ3n) is 4.59. The summed E-state index contributed by atoms with van der Waals surface area (Å²) in [5.41, 5.74) is 0.449. The predicted molar refractivity (Wildman–Crippen MR) is 82.5 cm³/mol. The Bertz CT molecular complexity index is 483. The number of carbonyl (C=O) groups excluding carboxylic acids is 1. The fourth-order valence-electron chi connectivity index (χ4n) is 3.25. The molecule has 0 bridgehead atoms. The van der Waals surface area contributed by atoms with Crippen LogP contribution in [0, 0.1) is 5.82 Å². The Morgan fingerprint density at radius 3 is 2.57 bits per heavy atom. The summed E-state index contributed by atoms with van der Waals surface area (Å²) in [6.07, 6.45) is 6.10. The molecular formula is C17H25FN2O. The highest BCUT2D eigenvalue weighted by molar-refractivity contribution is 5.77. The van der Waals surface area contributed by atoms with Gasteiger partial charge in [-0.05, 0) is 32.9 Å². The minimum atomic E-state index is -0.309. The van der Waals surface area contributed by atoms with E-state index in [2.05, 4.69) is 10.6 Å². The second-order valence-corrected chi connectivity index (χ2v) is 6.08. The van der Waals surface area contributed by atoms with Gasteiger partial charge in [-0.25, -0.2) is 4.39 Å². The molecule has 0 radical (unpaired) electrons. The first-order valence-electron chi connectivity index (χ1n) is 7.79. The number of nitrogens with one attached hydrogen (secondary N) is 2. The summed E-state index contributed by atoms with van der Waals surface area (Å²) in [4.78, 5) is 12.3. The van der Waals surface area contributed by atoms with Crippen LogP contribution in [0.25, 0.3) is 0 Å². The molecule has 116 valence electrons. The van der Waals surface area contributed by atoms with Crippen LogP contribution in [-0.2, 0) is 4.79 Å². The van der Waals surface area contributed by atoms with E-state index in [-0.39, 0.29) is 23.3 Å². The molecule has 1 fully saturated rings. The molecule has 1 aliphatic carbocycles. The van der Waals surface area contributed by atoms with E-state index in [0.717, 1.165) is 25.7 Å². The van der Waals surface area contributed by atoms with Crippen molar-refractivity contribution >= 4 is 5.91 Å². The Balaban J connectivity index is 1.96. The average molecular weight is 292 g/mol. The Hall–Kier alpha value is -1.42. The van der Waals surface area contributed by atoms with Crippen LogP contribution in [0.15, 0.2) is 24.3 Å². The molecule has 2 rings (SSSR count). The molecule has 0 aliphatic heterocycles. The fourth-order valence-corrected chi connectivity index (χ4v) is 3.25. The topological polar surface area (TPSA) is 41.1 Å². The summed E-state index contributed by atoms with van der Waals surface area (Å²) < 4.78 is 13.7. The summed E-state index contributed by atoms with van der Waals surface area (Å²) in [5, 5.41) is 6.26. The van der Waals surface area contributed by atoms with E-state index in [1.807, 2.05) is 14.0 Å². The summed E-state index contributed by atoms with van der Waals surface area (Å²) >= 11 is 0. The molecule has 1 unspecified atom stereocenters. The summed E-state index contributed by atoms with van der Waals surface area (Å²) in [6.45, 7) is 1.82. The molecule has 1 saturated carbocycles. The highest BCUT2D eigenvalue weighted by Gasteiger charge is 2.32. The van der Waals surface area contributed by atoms with Gasteiger partial charge in [-0.15, -0.1) is 0 Å². The van der Waals surface area contributed by atoms with Gasteiger partial charge in [0.15, 0.2) is 0 Å². The molecule has 0 spiro atoms. The molecule has 1 aliphatic rings. The van der Waals surface area contributed by atoms with Gasteiger partial charge in [-0.3, -0.25) is 4.79 Å². The van der Waals surface area contributed by atoms with E-state index >= 15 is 0 Å². The first-order valence-corrected chi connectivity index (χ1v) is 7.79. The van der Waals surface area contributed by atoms with Gasteiger partial charge >= 0.3 is 0 Å². The van der Waals surface area contributed by atoms with Crippen LogP contribution < -0.4 is 10.6 Å². The van der Waals surface area contributed by atoms with E-state index < -0.39 is 0 Å². The molecule has 21 heavy (non-hydrogen) atoms. The number of benzene rings is 1. The van der Waals surface area contributed by atoms with Gasteiger partial charge in [0.25, 0.3) is 0 Å². The van der Waals surface area contributed by atoms with E-state index in [4.69, 9.17) is 0 Å². The number of amides is 1. The summed E-state index contributed by atoms with van der Waals surface area (Å²) in [5.74, 6) is -0.284. The van der Waals surface area contributed by atoms with Gasteiger partial charge in [-0.2, -0.15) is 0 Å². The van der Waals surface area contributed by atoms with Gasteiger partial charge in [0.1, 0.15) is 5.82 Å². The monoisotopic (exact) mass is 292 g/mol. The summed E-state index contributed by atoms with van der Waals surface area (Å²) in [7, 11) is 1.93. The lowest BCUT2D eigenvalue weighted by Crippen LogP contribution is -2.48. The number of hydrogen-bond acceptors (Lipinski definition) is 2. The SMILES string of the molecule is CNC1(CC(=O)NC(C)c2ccccc2F)CCCCC1. The first-order chi connectivity index (χ1) is 10.1. The van der Waals surface area contributed by atoms with Crippen molar-refractivity contribution in [1.82, 2.24) is 10.6 Å². The normalized spacial score (nSPS) is 19.0. The zero-order valence-corrected chi connectivity index (χ0v) is 12.9. The molecule has 1 aromatic rings. The van der Waals surface area contributed by atoms with E-state index in [1.165, 1.54) is 12.5 Å². The maximum absolute atomic E-state index is 13.7. The fraction of sp³-hybridized carbons (Fsp3) is 0.588. The van der Waals surface area contributed by atoms with Crippen LogP contribution in [0.4, 0.5) is 4.39 Å². The smallest absolute Gasteiger partial charge is 0.222 e. The molecule has 4 heteroatoms. The molecule has 0 heterocycles. The van der Waals surface area contributed by atoms with Crippen LogP contribution in [0.3, 0.4) is 0 Å². The third-order valence-corrected chi connectivity index (χ3v) is 4.59. The van der Waals surface area contributed by atoms with Crippen molar-refractivity contribution in [1.29, 1.82) is 0 Å². The molecule has 3 nitrogen and oxygen atoms in total. The zero-order chi connectivity index (χ0) is 15.3. The van der Waals surface area contributed by atoms with Crippen molar-refractivity contribution in [3.8, 4) is 0 Å². The summed E-state index contributed by atoms with van der Waals surface area (Å²) in [6, 6.07) is 6.28. The number of carbonyl (C=O) groups is 1. The maximum atomic E-state index is 13.7. The second kappa shape index (κ2) is 7.03. The van der Waals surface area contributed by atoms with Crippen molar-refractivity contribution in [2.24, 2.45) is 0 Å². The Labute approximate surface area is 126 Å². The first kappa shape index (κ1) is 16.0. The molecule has 1 aromatic carbocycles. The molecule has 0 saturated heterocycles. The average Bonchev–Trinajstić information content (AvgIpc) is 2.48. The van der Waals surface area contributed by atoms with Gasteiger partial charge in [0.05, 0.1) is 6.04 Å². The van der Waals surface area contributed by atoms with Crippen LogP contribution in [0.1, 0.15) is 57.1 Å². The van der Waals surface area contributed by atoms with Crippen LogP contribution in [0.5, 0.6) is 0 Å². The molecular weight excluding hydrogens is 267 g/mol. The molecule has 2 N–H and O–H groups in total. The lowest BCUT2D eigenvalue weighted by molar-refractivity contribution is -0.123. The van der Waals surface area contributed by atoms with Crippen molar-refractivity contribution < 1.29 is 9.18 Å². The maximum Gasteiger partial charge on any atom is 0.222 e. The van der Waals surface area contributed by atoms with E-state index in [9.17, 15) is 9.18 Å². The van der Waals surface area contributed by atoms with Crippen LogP contribution >= 0.6 is 0 Å². The van der Waals surface area contributed by atoms with Crippen molar-refractivity contribution in [2.75, 3.05) is 7.05 Å². The van der Waals surface area contributed by atoms with Gasteiger partial charge < -0.3 is 10.6 Å². The largest absolute Gasteiger partial charge is 0.349 e. The Kier molecular flexibility index (Phi) is 5.34. The second-order valence-electron chi connectivity index (χ2n) is 6.08. The van der Waals surface area contributed by atoms with Gasteiger partial charge in [0.2, 0.25) is 5.91 Å². The Morgan fingerprint density at radius 2 is 1.95 bits per heavy atom. The minimum Gasteiger partial charge on any atom is -0.349 e. The predicted octanol–water partition coefficient (Wildman–Crippen LogP) is 3.32. The zero-order valence-electron chi connectivity index (χ0n) is 12.9. The minimum absolute atomic E-state index is 0.0120. The highest BCUT2D eigenvalue weighted by atomic mass is 19.1. The molecule has 0 aromatic heterocycles. The lowest BCUT2D eigenvalue weighted by Gasteiger charge is -2.37. The molecule has 1 amide bonds. The van der Waals surface area contributed by atoms with E-state index in [1.54, 1.807) is 18.2 Å². The van der Waals surface area contributed by atoms with Crippen LogP contribution in [0.2, 0.25) is 0 Å². The van der Waals surface area contributed by atoms with Gasteiger partial charge in [-0.1, -0.05) is 37.5 Å². The quantitative estimate of drug-likeness (QED) is 0.874. The van der Waals surface area contributed by atoms with Crippen molar-refractivity contribution in [3.63, 3.8) is 0 Å². The number of halogens is 1.